The van der Waals surface area contributed by atoms with Gasteiger partial charge in [-0.15, -0.1) is 0 Å². The Hall–Kier alpha value is -1.94. The average Bonchev–Trinajstić information content (AvgIpc) is 2.30. The molecule has 0 aliphatic heterocycles. The van der Waals surface area contributed by atoms with Crippen LogP contribution in [-0.2, 0) is 13.1 Å². The molecule has 2 rings (SSSR count). The van der Waals surface area contributed by atoms with Gasteiger partial charge in [-0.2, -0.15) is 0 Å². The number of nitrogen functional groups attached to an aromatic ring is 1. The van der Waals surface area contributed by atoms with E-state index in [1.165, 1.54) is 0 Å². The first-order chi connectivity index (χ1) is 8.24. The summed E-state index contributed by atoms with van der Waals surface area (Å²) in [6.45, 7) is 1.57. The minimum absolute atomic E-state index is 0.751. The summed E-state index contributed by atoms with van der Waals surface area (Å²) in [6.07, 6.45) is 3.54. The van der Waals surface area contributed by atoms with E-state index >= 15 is 0 Å². The highest BCUT2D eigenvalue weighted by Crippen LogP contribution is 2.07. The summed E-state index contributed by atoms with van der Waals surface area (Å²) in [5.41, 5.74) is 8.50. The lowest BCUT2D eigenvalue weighted by Gasteiger charge is -2.15. The van der Waals surface area contributed by atoms with Crippen molar-refractivity contribution in [3.05, 3.63) is 54.1 Å². The van der Waals surface area contributed by atoms with Crippen LogP contribution in [0.2, 0.25) is 0 Å². The third kappa shape index (κ3) is 3.53. The first kappa shape index (κ1) is 11.5. The number of pyridine rings is 2. The third-order valence-electron chi connectivity index (χ3n) is 2.43. The highest BCUT2D eigenvalue weighted by molar-refractivity contribution is 5.37. The standard InChI is InChI=1S/C13H16N4/c1-17(9-12-4-2-3-6-15-12)10-13-8-11(14)5-7-16-13/h2-8H,9-10H2,1H3,(H2,14,16). The van der Waals surface area contributed by atoms with Gasteiger partial charge in [0.1, 0.15) is 0 Å². The van der Waals surface area contributed by atoms with Crippen molar-refractivity contribution in [3.8, 4) is 0 Å². The molecular weight excluding hydrogens is 212 g/mol. The molecule has 0 bridgehead atoms. The normalized spacial score (nSPS) is 10.7. The van der Waals surface area contributed by atoms with Gasteiger partial charge in [-0.3, -0.25) is 14.9 Å². The quantitative estimate of drug-likeness (QED) is 0.865. The Morgan fingerprint density at radius 2 is 1.82 bits per heavy atom. The molecule has 88 valence electrons. The predicted molar refractivity (Wildman–Crippen MR) is 68.1 cm³/mol. The van der Waals surface area contributed by atoms with E-state index in [0.717, 1.165) is 30.2 Å². The van der Waals surface area contributed by atoms with E-state index in [-0.39, 0.29) is 0 Å². The number of hydrogen-bond acceptors (Lipinski definition) is 4. The van der Waals surface area contributed by atoms with Gasteiger partial charge in [0, 0.05) is 31.2 Å². The number of nitrogens with two attached hydrogens (primary N) is 1. The van der Waals surface area contributed by atoms with Gasteiger partial charge in [0.15, 0.2) is 0 Å². The molecule has 0 aliphatic rings. The molecule has 2 N–H and O–H groups in total. The second kappa shape index (κ2) is 5.41. The summed E-state index contributed by atoms with van der Waals surface area (Å²) in [5.74, 6) is 0. The van der Waals surface area contributed by atoms with E-state index in [1.54, 1.807) is 12.3 Å². The van der Waals surface area contributed by atoms with Gasteiger partial charge in [-0.1, -0.05) is 6.07 Å². The number of hydrogen-bond donors (Lipinski definition) is 1. The molecule has 0 unspecified atom stereocenters. The molecule has 0 aliphatic carbocycles. The zero-order valence-electron chi connectivity index (χ0n) is 9.87. The fourth-order valence-corrected chi connectivity index (χ4v) is 1.68. The Labute approximate surface area is 101 Å². The lowest BCUT2D eigenvalue weighted by atomic mass is 10.3. The molecule has 2 aromatic heterocycles. The molecule has 0 fully saturated rings. The van der Waals surface area contributed by atoms with Gasteiger partial charge in [-0.05, 0) is 31.3 Å². The van der Waals surface area contributed by atoms with Crippen molar-refractivity contribution >= 4 is 5.69 Å². The molecular formula is C13H16N4. The van der Waals surface area contributed by atoms with Crippen LogP contribution in [-0.4, -0.2) is 21.9 Å². The summed E-state index contributed by atoms with van der Waals surface area (Å²) in [6, 6.07) is 9.62. The first-order valence-electron chi connectivity index (χ1n) is 5.53. The molecule has 4 nitrogen and oxygen atoms in total. The van der Waals surface area contributed by atoms with Crippen LogP contribution in [0.15, 0.2) is 42.7 Å². The van der Waals surface area contributed by atoms with Crippen molar-refractivity contribution in [2.75, 3.05) is 12.8 Å². The number of rotatable bonds is 4. The van der Waals surface area contributed by atoms with Gasteiger partial charge in [-0.25, -0.2) is 0 Å². The van der Waals surface area contributed by atoms with Crippen LogP contribution in [0.1, 0.15) is 11.4 Å². The maximum absolute atomic E-state index is 5.72. The summed E-state index contributed by atoms with van der Waals surface area (Å²) < 4.78 is 0. The van der Waals surface area contributed by atoms with Crippen LogP contribution in [0.3, 0.4) is 0 Å². The van der Waals surface area contributed by atoms with Crippen LogP contribution >= 0.6 is 0 Å². The molecule has 0 aromatic carbocycles. The van der Waals surface area contributed by atoms with Crippen molar-refractivity contribution in [3.63, 3.8) is 0 Å². The number of anilines is 1. The zero-order valence-corrected chi connectivity index (χ0v) is 9.87. The van der Waals surface area contributed by atoms with Crippen LogP contribution in [0.5, 0.6) is 0 Å². The zero-order chi connectivity index (χ0) is 12.1. The highest BCUT2D eigenvalue weighted by atomic mass is 15.1. The molecule has 0 saturated heterocycles. The van der Waals surface area contributed by atoms with E-state index in [1.807, 2.05) is 37.5 Å². The predicted octanol–water partition coefficient (Wildman–Crippen LogP) is 1.69. The largest absolute Gasteiger partial charge is 0.399 e. The summed E-state index contributed by atoms with van der Waals surface area (Å²) in [5, 5.41) is 0. The molecule has 0 atom stereocenters. The Kier molecular flexibility index (Phi) is 3.67. The smallest absolute Gasteiger partial charge is 0.0564 e. The Bertz CT molecular complexity index is 470. The lowest BCUT2D eigenvalue weighted by Crippen LogP contribution is -2.18. The van der Waals surface area contributed by atoms with Gasteiger partial charge in [0.05, 0.1) is 11.4 Å². The highest BCUT2D eigenvalue weighted by Gasteiger charge is 2.03. The monoisotopic (exact) mass is 228 g/mol. The fourth-order valence-electron chi connectivity index (χ4n) is 1.68. The van der Waals surface area contributed by atoms with Crippen molar-refractivity contribution in [2.24, 2.45) is 0 Å². The van der Waals surface area contributed by atoms with E-state index in [2.05, 4.69) is 14.9 Å². The summed E-state index contributed by atoms with van der Waals surface area (Å²) >= 11 is 0. The summed E-state index contributed by atoms with van der Waals surface area (Å²) in [7, 11) is 2.04. The molecule has 0 spiro atoms. The molecule has 2 heterocycles. The van der Waals surface area contributed by atoms with Crippen molar-refractivity contribution < 1.29 is 0 Å². The van der Waals surface area contributed by atoms with Crippen LogP contribution in [0.4, 0.5) is 5.69 Å². The van der Waals surface area contributed by atoms with Gasteiger partial charge < -0.3 is 5.73 Å². The molecule has 17 heavy (non-hydrogen) atoms. The molecule has 0 radical (unpaired) electrons. The molecule has 4 heteroatoms. The van der Waals surface area contributed by atoms with E-state index in [9.17, 15) is 0 Å². The third-order valence-corrected chi connectivity index (χ3v) is 2.43. The average molecular weight is 228 g/mol. The number of aromatic nitrogens is 2. The van der Waals surface area contributed by atoms with Crippen LogP contribution in [0, 0.1) is 0 Å². The SMILES string of the molecule is CN(Cc1ccccn1)Cc1cc(N)ccn1. The van der Waals surface area contributed by atoms with Crippen LogP contribution in [0.25, 0.3) is 0 Å². The lowest BCUT2D eigenvalue weighted by molar-refractivity contribution is 0.311. The second-order valence-corrected chi connectivity index (χ2v) is 4.07. The van der Waals surface area contributed by atoms with E-state index in [0.29, 0.717) is 0 Å². The van der Waals surface area contributed by atoms with Crippen LogP contribution < -0.4 is 5.73 Å². The first-order valence-corrected chi connectivity index (χ1v) is 5.53. The van der Waals surface area contributed by atoms with E-state index in [4.69, 9.17) is 5.73 Å². The van der Waals surface area contributed by atoms with Gasteiger partial charge in [0.25, 0.3) is 0 Å². The van der Waals surface area contributed by atoms with Crippen molar-refractivity contribution in [1.82, 2.24) is 14.9 Å². The Morgan fingerprint density at radius 3 is 2.53 bits per heavy atom. The minimum atomic E-state index is 0.751. The van der Waals surface area contributed by atoms with Crippen molar-refractivity contribution in [2.45, 2.75) is 13.1 Å². The van der Waals surface area contributed by atoms with Gasteiger partial charge >= 0.3 is 0 Å². The summed E-state index contributed by atoms with van der Waals surface area (Å²) in [4.78, 5) is 10.7. The molecule has 0 amide bonds. The maximum atomic E-state index is 5.72. The molecule has 2 aromatic rings. The number of nitrogens with zero attached hydrogens (tertiary/aromatic N) is 3. The van der Waals surface area contributed by atoms with E-state index < -0.39 is 0 Å². The van der Waals surface area contributed by atoms with Gasteiger partial charge in [0.2, 0.25) is 0 Å². The fraction of sp³-hybridized carbons (Fsp3) is 0.231. The minimum Gasteiger partial charge on any atom is -0.399 e. The Balaban J connectivity index is 1.96. The Morgan fingerprint density at radius 1 is 1.06 bits per heavy atom. The topological polar surface area (TPSA) is 55.0 Å². The van der Waals surface area contributed by atoms with Crippen molar-refractivity contribution in [1.29, 1.82) is 0 Å². The maximum Gasteiger partial charge on any atom is 0.0564 e. The second-order valence-electron chi connectivity index (χ2n) is 4.07. The molecule has 0 saturated carbocycles.